The van der Waals surface area contributed by atoms with Gasteiger partial charge in [0, 0.05) is 18.8 Å². The van der Waals surface area contributed by atoms with E-state index in [1.807, 2.05) is 25.1 Å². The maximum absolute atomic E-state index is 12.5. The van der Waals surface area contributed by atoms with Crippen LogP contribution in [-0.4, -0.2) is 45.4 Å². The normalized spacial score (nSPS) is 10.5. The molecule has 2 aromatic rings. The van der Waals surface area contributed by atoms with E-state index in [4.69, 9.17) is 16.7 Å². The summed E-state index contributed by atoms with van der Waals surface area (Å²) in [6.07, 6.45) is 1.62. The van der Waals surface area contributed by atoms with Crippen LogP contribution >= 0.6 is 11.6 Å². The van der Waals surface area contributed by atoms with E-state index >= 15 is 0 Å². The fourth-order valence-electron chi connectivity index (χ4n) is 2.16. The first-order valence-corrected chi connectivity index (χ1v) is 7.29. The molecule has 22 heavy (non-hydrogen) atoms. The number of amides is 1. The van der Waals surface area contributed by atoms with Crippen LogP contribution in [0.4, 0.5) is 0 Å². The fourth-order valence-corrected chi connectivity index (χ4v) is 2.38. The number of hydrogen-bond donors (Lipinski definition) is 1. The van der Waals surface area contributed by atoms with Gasteiger partial charge < -0.3 is 10.0 Å². The summed E-state index contributed by atoms with van der Waals surface area (Å²) in [6, 6.07) is 9.02. The van der Waals surface area contributed by atoms with E-state index in [1.54, 1.807) is 22.9 Å². The quantitative estimate of drug-likeness (QED) is 0.832. The van der Waals surface area contributed by atoms with E-state index in [0.29, 0.717) is 17.3 Å². The lowest BCUT2D eigenvalue weighted by Gasteiger charge is -2.18. The van der Waals surface area contributed by atoms with Gasteiger partial charge in [0.25, 0.3) is 5.91 Å². The van der Waals surface area contributed by atoms with Crippen LogP contribution in [0.15, 0.2) is 43.0 Å². The maximum Gasteiger partial charge on any atom is 0.274 e. The van der Waals surface area contributed by atoms with Gasteiger partial charge in [0.15, 0.2) is 5.69 Å². The van der Waals surface area contributed by atoms with Gasteiger partial charge in [-0.05, 0) is 25.1 Å². The number of hydrogen-bond acceptors (Lipinski definition) is 3. The third-order valence-corrected chi connectivity index (χ3v) is 3.51. The van der Waals surface area contributed by atoms with Crippen LogP contribution in [0.3, 0.4) is 0 Å². The molecular weight excluding hydrogens is 302 g/mol. The van der Waals surface area contributed by atoms with E-state index in [1.165, 1.54) is 4.90 Å². The largest absolute Gasteiger partial charge is 0.395 e. The first-order chi connectivity index (χ1) is 10.6. The molecule has 0 unspecified atom stereocenters. The molecule has 0 atom stereocenters. The Morgan fingerprint density at radius 3 is 2.86 bits per heavy atom. The Kier molecular flexibility index (Phi) is 5.35. The lowest BCUT2D eigenvalue weighted by Crippen LogP contribution is -2.34. The Hall–Kier alpha value is -2.11. The van der Waals surface area contributed by atoms with Crippen LogP contribution < -0.4 is 0 Å². The van der Waals surface area contributed by atoms with Gasteiger partial charge in [-0.25, -0.2) is 4.68 Å². The van der Waals surface area contributed by atoms with Gasteiger partial charge in [-0.1, -0.05) is 29.8 Å². The summed E-state index contributed by atoms with van der Waals surface area (Å²) in [5.41, 5.74) is 1.84. The van der Waals surface area contributed by atoms with E-state index in [2.05, 4.69) is 11.7 Å². The highest BCUT2D eigenvalue weighted by Gasteiger charge is 2.19. The average Bonchev–Trinajstić information content (AvgIpc) is 2.88. The Morgan fingerprint density at radius 2 is 2.23 bits per heavy atom. The zero-order valence-corrected chi connectivity index (χ0v) is 13.1. The van der Waals surface area contributed by atoms with Crippen molar-refractivity contribution in [3.63, 3.8) is 0 Å². The predicted octanol–water partition coefficient (Wildman–Crippen LogP) is 2.45. The summed E-state index contributed by atoms with van der Waals surface area (Å²) in [6.45, 7) is 5.97. The summed E-state index contributed by atoms with van der Waals surface area (Å²) in [5.74, 6) is -0.247. The molecule has 0 aliphatic heterocycles. The molecule has 0 saturated heterocycles. The molecule has 0 fully saturated rings. The monoisotopic (exact) mass is 319 g/mol. The van der Waals surface area contributed by atoms with Gasteiger partial charge in [0.1, 0.15) is 0 Å². The topological polar surface area (TPSA) is 58.4 Å². The number of aliphatic hydroxyl groups excluding tert-OH is 1. The second-order valence-corrected chi connectivity index (χ2v) is 5.20. The summed E-state index contributed by atoms with van der Waals surface area (Å²) in [4.78, 5) is 14.0. The molecule has 116 valence electrons. The summed E-state index contributed by atoms with van der Waals surface area (Å²) in [5, 5.41) is 14.0. The molecule has 0 aliphatic carbocycles. The van der Waals surface area contributed by atoms with Crippen molar-refractivity contribution in [2.75, 3.05) is 19.7 Å². The minimum absolute atomic E-state index is 0.107. The molecule has 6 heteroatoms. The number of halogens is 1. The summed E-state index contributed by atoms with van der Waals surface area (Å²) >= 11 is 6.18. The first kappa shape index (κ1) is 16.3. The van der Waals surface area contributed by atoms with Gasteiger partial charge in [-0.15, -0.1) is 6.58 Å². The highest BCUT2D eigenvalue weighted by Crippen LogP contribution is 2.21. The Labute approximate surface area is 134 Å². The van der Waals surface area contributed by atoms with Crippen LogP contribution in [0.25, 0.3) is 5.69 Å². The molecular formula is C16H18ClN3O2. The van der Waals surface area contributed by atoms with Crippen LogP contribution in [0.5, 0.6) is 0 Å². The molecule has 0 saturated carbocycles. The van der Waals surface area contributed by atoms with E-state index in [-0.39, 0.29) is 19.1 Å². The summed E-state index contributed by atoms with van der Waals surface area (Å²) in [7, 11) is 0. The van der Waals surface area contributed by atoms with Crippen molar-refractivity contribution in [3.8, 4) is 5.69 Å². The molecule has 0 spiro atoms. The zero-order valence-electron chi connectivity index (χ0n) is 12.4. The van der Waals surface area contributed by atoms with Gasteiger partial charge in [0.2, 0.25) is 0 Å². The zero-order chi connectivity index (χ0) is 16.1. The lowest BCUT2D eigenvalue weighted by molar-refractivity contribution is 0.0736. The molecule has 1 N–H and O–H groups in total. The maximum atomic E-state index is 12.5. The fraction of sp³-hybridized carbons (Fsp3) is 0.250. The number of para-hydroxylation sites is 1. The van der Waals surface area contributed by atoms with Crippen molar-refractivity contribution in [1.29, 1.82) is 0 Å². The number of carbonyl (C=O) groups is 1. The molecule has 1 aromatic heterocycles. The highest BCUT2D eigenvalue weighted by molar-refractivity contribution is 6.32. The minimum atomic E-state index is -0.247. The predicted molar refractivity (Wildman–Crippen MR) is 86.5 cm³/mol. The van der Waals surface area contributed by atoms with Crippen LogP contribution in [0.2, 0.25) is 5.02 Å². The van der Waals surface area contributed by atoms with Crippen molar-refractivity contribution in [1.82, 2.24) is 14.7 Å². The van der Waals surface area contributed by atoms with Gasteiger partial charge in [0.05, 0.1) is 17.3 Å². The van der Waals surface area contributed by atoms with E-state index in [0.717, 1.165) is 11.4 Å². The number of aliphatic hydroxyl groups is 1. The molecule has 1 heterocycles. The third-order valence-electron chi connectivity index (χ3n) is 3.19. The highest BCUT2D eigenvalue weighted by atomic mass is 35.5. The van der Waals surface area contributed by atoms with Crippen molar-refractivity contribution in [2.24, 2.45) is 0 Å². The first-order valence-electron chi connectivity index (χ1n) is 6.91. The smallest absolute Gasteiger partial charge is 0.274 e. The number of benzene rings is 1. The van der Waals surface area contributed by atoms with Crippen molar-refractivity contribution in [3.05, 3.63) is 59.4 Å². The second kappa shape index (κ2) is 7.24. The SMILES string of the molecule is C=CCN(CCO)C(=O)c1cc(C)n(-c2ccccc2Cl)n1. The van der Waals surface area contributed by atoms with Crippen LogP contribution in [0.1, 0.15) is 16.2 Å². The van der Waals surface area contributed by atoms with Crippen LogP contribution in [-0.2, 0) is 0 Å². The van der Waals surface area contributed by atoms with Gasteiger partial charge in [-0.3, -0.25) is 4.79 Å². The Balaban J connectivity index is 2.35. The molecule has 1 aromatic carbocycles. The van der Waals surface area contributed by atoms with Crippen molar-refractivity contribution in [2.45, 2.75) is 6.92 Å². The average molecular weight is 320 g/mol. The Bertz CT molecular complexity index is 682. The standard InChI is InChI=1S/C16H18ClN3O2/c1-3-8-19(9-10-21)16(22)14-11-12(2)20(18-14)15-7-5-4-6-13(15)17/h3-7,11,21H,1,8-10H2,2H3. The van der Waals surface area contributed by atoms with E-state index < -0.39 is 0 Å². The van der Waals surface area contributed by atoms with Crippen molar-refractivity contribution < 1.29 is 9.90 Å². The van der Waals surface area contributed by atoms with Crippen molar-refractivity contribution >= 4 is 17.5 Å². The van der Waals surface area contributed by atoms with Crippen LogP contribution in [0, 0.1) is 6.92 Å². The molecule has 0 bridgehead atoms. The number of aromatic nitrogens is 2. The molecule has 1 amide bonds. The number of rotatable bonds is 6. The number of aryl methyl sites for hydroxylation is 1. The minimum Gasteiger partial charge on any atom is -0.395 e. The molecule has 5 nitrogen and oxygen atoms in total. The lowest BCUT2D eigenvalue weighted by atomic mass is 10.3. The van der Waals surface area contributed by atoms with E-state index in [9.17, 15) is 4.79 Å². The van der Waals surface area contributed by atoms with Gasteiger partial charge >= 0.3 is 0 Å². The summed E-state index contributed by atoms with van der Waals surface area (Å²) < 4.78 is 1.64. The molecule has 0 aliphatic rings. The molecule has 2 rings (SSSR count). The second-order valence-electron chi connectivity index (χ2n) is 4.80. The number of nitrogens with zero attached hydrogens (tertiary/aromatic N) is 3. The van der Waals surface area contributed by atoms with Gasteiger partial charge in [-0.2, -0.15) is 5.10 Å². The molecule has 0 radical (unpaired) electrons. The third kappa shape index (κ3) is 3.37. The number of carbonyl (C=O) groups excluding carboxylic acids is 1. The Morgan fingerprint density at radius 1 is 1.50 bits per heavy atom.